The van der Waals surface area contributed by atoms with E-state index in [1.165, 1.54) is 11.3 Å². The van der Waals surface area contributed by atoms with E-state index in [2.05, 4.69) is 4.98 Å². The number of aromatic nitrogens is 1. The zero-order valence-corrected chi connectivity index (χ0v) is 20.8. The van der Waals surface area contributed by atoms with E-state index in [1.807, 2.05) is 37.2 Å². The van der Waals surface area contributed by atoms with Gasteiger partial charge in [-0.2, -0.15) is 0 Å². The third-order valence-corrected chi connectivity index (χ3v) is 7.58. The predicted molar refractivity (Wildman–Crippen MR) is 132 cm³/mol. The van der Waals surface area contributed by atoms with Gasteiger partial charge in [-0.15, -0.1) is 12.4 Å². The van der Waals surface area contributed by atoms with Crippen molar-refractivity contribution in [3.8, 4) is 5.75 Å². The minimum atomic E-state index is -3.53. The number of carbonyl (C=O) groups is 1. The molecule has 0 fully saturated rings. The zero-order chi connectivity index (χ0) is 22.4. The maximum Gasteiger partial charge on any atom is 0.229 e. The number of carbonyl (C=O) groups excluding carboxylic acids is 1. The second-order valence-electron chi connectivity index (χ2n) is 7.41. The van der Waals surface area contributed by atoms with Crippen LogP contribution in [-0.4, -0.2) is 64.3 Å². The van der Waals surface area contributed by atoms with Gasteiger partial charge in [0.15, 0.2) is 15.0 Å². The van der Waals surface area contributed by atoms with E-state index in [1.54, 1.807) is 42.3 Å². The summed E-state index contributed by atoms with van der Waals surface area (Å²) in [6, 6.07) is 13.8. The van der Waals surface area contributed by atoms with Gasteiger partial charge in [0.25, 0.3) is 0 Å². The number of thiazole rings is 1. The number of benzene rings is 2. The van der Waals surface area contributed by atoms with Crippen LogP contribution in [-0.2, 0) is 14.6 Å². The van der Waals surface area contributed by atoms with Crippen LogP contribution in [0.25, 0.3) is 10.2 Å². The summed E-state index contributed by atoms with van der Waals surface area (Å²) in [5.74, 6) is 0.215. The summed E-state index contributed by atoms with van der Waals surface area (Å²) in [5, 5.41) is 0.573. The molecule has 1 heterocycles. The standard InChI is InChI=1S/C22H27N3O4S2.ClH/c1-24(2)13-7-14-25(22-23-19-16-17(29-3)10-11-20(19)30-22)21(26)12-15-31(27,28)18-8-5-4-6-9-18;/h4-6,8-11,16H,7,12-15H2,1-3H3;1H. The molecule has 0 radical (unpaired) electrons. The van der Waals surface area contributed by atoms with Crippen LogP contribution in [0.4, 0.5) is 5.13 Å². The molecule has 0 saturated heterocycles. The van der Waals surface area contributed by atoms with Crippen molar-refractivity contribution in [3.05, 3.63) is 48.5 Å². The molecule has 10 heteroatoms. The van der Waals surface area contributed by atoms with Crippen molar-refractivity contribution in [2.24, 2.45) is 0 Å². The van der Waals surface area contributed by atoms with Crippen LogP contribution in [0.5, 0.6) is 5.75 Å². The van der Waals surface area contributed by atoms with Crippen molar-refractivity contribution in [2.45, 2.75) is 17.7 Å². The van der Waals surface area contributed by atoms with Crippen molar-refractivity contribution < 1.29 is 17.9 Å². The molecule has 0 saturated carbocycles. The Bertz CT molecular complexity index is 1130. The number of hydrogen-bond acceptors (Lipinski definition) is 7. The van der Waals surface area contributed by atoms with E-state index in [-0.39, 0.29) is 35.4 Å². The van der Waals surface area contributed by atoms with Crippen LogP contribution in [0.2, 0.25) is 0 Å². The van der Waals surface area contributed by atoms with Crippen molar-refractivity contribution in [1.29, 1.82) is 0 Å². The van der Waals surface area contributed by atoms with E-state index >= 15 is 0 Å². The number of rotatable bonds is 10. The summed E-state index contributed by atoms with van der Waals surface area (Å²) >= 11 is 1.42. The van der Waals surface area contributed by atoms with Crippen LogP contribution in [0.1, 0.15) is 12.8 Å². The Balaban J connectivity index is 0.00000363. The molecule has 0 aliphatic carbocycles. The van der Waals surface area contributed by atoms with Gasteiger partial charge in [0, 0.05) is 19.0 Å². The summed E-state index contributed by atoms with van der Waals surface area (Å²) in [7, 11) is 2.02. The van der Waals surface area contributed by atoms with Gasteiger partial charge in [-0.3, -0.25) is 9.69 Å². The number of nitrogens with zero attached hydrogens (tertiary/aromatic N) is 3. The Morgan fingerprint density at radius 1 is 1.09 bits per heavy atom. The minimum absolute atomic E-state index is 0. The van der Waals surface area contributed by atoms with Crippen molar-refractivity contribution in [1.82, 2.24) is 9.88 Å². The first-order chi connectivity index (χ1) is 14.8. The van der Waals surface area contributed by atoms with E-state index in [4.69, 9.17) is 4.74 Å². The van der Waals surface area contributed by atoms with Crippen LogP contribution < -0.4 is 9.64 Å². The monoisotopic (exact) mass is 497 g/mol. The summed E-state index contributed by atoms with van der Waals surface area (Å²) in [5.41, 5.74) is 0.752. The molecule has 0 N–H and O–H groups in total. The molecular formula is C22H28ClN3O4S2. The molecule has 3 aromatic rings. The highest BCUT2D eigenvalue weighted by Crippen LogP contribution is 2.31. The molecule has 1 aromatic heterocycles. The lowest BCUT2D eigenvalue weighted by Crippen LogP contribution is -2.34. The number of ether oxygens (including phenoxy) is 1. The largest absolute Gasteiger partial charge is 0.497 e. The SMILES string of the molecule is COc1ccc2sc(N(CCCN(C)C)C(=O)CCS(=O)(=O)c3ccccc3)nc2c1.Cl. The Kier molecular flexibility index (Phi) is 9.45. The maximum absolute atomic E-state index is 13.1. The van der Waals surface area contributed by atoms with Crippen LogP contribution in [0.15, 0.2) is 53.4 Å². The number of sulfone groups is 1. The minimum Gasteiger partial charge on any atom is -0.497 e. The average Bonchev–Trinajstić information content (AvgIpc) is 3.18. The Labute approximate surface area is 199 Å². The Morgan fingerprint density at radius 2 is 1.81 bits per heavy atom. The number of hydrogen-bond donors (Lipinski definition) is 0. The first-order valence-corrected chi connectivity index (χ1v) is 12.4. The van der Waals surface area contributed by atoms with Gasteiger partial charge in [0.05, 0.1) is 28.0 Å². The highest BCUT2D eigenvalue weighted by Gasteiger charge is 2.23. The number of anilines is 1. The van der Waals surface area contributed by atoms with Crippen LogP contribution in [0.3, 0.4) is 0 Å². The molecule has 0 aliphatic rings. The molecular weight excluding hydrogens is 470 g/mol. The van der Waals surface area contributed by atoms with Gasteiger partial charge in [0.1, 0.15) is 5.75 Å². The molecule has 1 amide bonds. The highest BCUT2D eigenvalue weighted by molar-refractivity contribution is 7.91. The lowest BCUT2D eigenvalue weighted by atomic mass is 10.3. The van der Waals surface area contributed by atoms with Gasteiger partial charge < -0.3 is 9.64 Å². The number of fused-ring (bicyclic) bond motifs is 1. The first-order valence-electron chi connectivity index (χ1n) is 9.97. The summed E-state index contributed by atoms with van der Waals surface area (Å²) < 4.78 is 31.4. The van der Waals surface area contributed by atoms with Gasteiger partial charge in [0.2, 0.25) is 5.91 Å². The predicted octanol–water partition coefficient (Wildman–Crippen LogP) is 3.88. The fourth-order valence-electron chi connectivity index (χ4n) is 3.11. The smallest absolute Gasteiger partial charge is 0.229 e. The molecule has 0 aliphatic heterocycles. The summed E-state index contributed by atoms with van der Waals surface area (Å²) in [4.78, 5) is 21.6. The molecule has 0 unspecified atom stereocenters. The number of methoxy groups -OCH3 is 1. The van der Waals surface area contributed by atoms with E-state index in [9.17, 15) is 13.2 Å². The van der Waals surface area contributed by atoms with Crippen molar-refractivity contribution >= 4 is 54.8 Å². The van der Waals surface area contributed by atoms with Gasteiger partial charge >= 0.3 is 0 Å². The summed E-state index contributed by atoms with van der Waals surface area (Å²) in [6.07, 6.45) is 0.655. The summed E-state index contributed by atoms with van der Waals surface area (Å²) in [6.45, 7) is 1.28. The highest BCUT2D eigenvalue weighted by atomic mass is 35.5. The number of amides is 1. The van der Waals surface area contributed by atoms with Crippen LogP contribution in [0, 0.1) is 0 Å². The lowest BCUT2D eigenvalue weighted by Gasteiger charge is -2.21. The molecule has 0 atom stereocenters. The first kappa shape index (κ1) is 26.1. The molecule has 0 bridgehead atoms. The Morgan fingerprint density at radius 3 is 2.47 bits per heavy atom. The quantitative estimate of drug-likeness (QED) is 0.423. The third-order valence-electron chi connectivity index (χ3n) is 4.79. The van der Waals surface area contributed by atoms with Crippen molar-refractivity contribution in [2.75, 3.05) is 44.9 Å². The van der Waals surface area contributed by atoms with Crippen molar-refractivity contribution in [3.63, 3.8) is 0 Å². The fourth-order valence-corrected chi connectivity index (χ4v) is 5.35. The third kappa shape index (κ3) is 6.65. The van der Waals surface area contributed by atoms with Crippen LogP contribution >= 0.6 is 23.7 Å². The second kappa shape index (κ2) is 11.6. The van der Waals surface area contributed by atoms with E-state index in [0.717, 1.165) is 23.2 Å². The molecule has 3 rings (SSSR count). The number of halogens is 1. The lowest BCUT2D eigenvalue weighted by molar-refractivity contribution is -0.118. The zero-order valence-electron chi connectivity index (χ0n) is 18.4. The second-order valence-corrected chi connectivity index (χ2v) is 10.5. The molecule has 2 aromatic carbocycles. The van der Waals surface area contributed by atoms with Gasteiger partial charge in [-0.05, 0) is 51.3 Å². The average molecular weight is 498 g/mol. The fraction of sp³-hybridized carbons (Fsp3) is 0.364. The Hall–Kier alpha value is -2.20. The molecule has 174 valence electrons. The molecule has 0 spiro atoms. The normalized spacial score (nSPS) is 11.4. The maximum atomic E-state index is 13.1. The van der Waals surface area contributed by atoms with Gasteiger partial charge in [-0.1, -0.05) is 29.5 Å². The topological polar surface area (TPSA) is 79.8 Å². The van der Waals surface area contributed by atoms with E-state index < -0.39 is 9.84 Å². The van der Waals surface area contributed by atoms with E-state index in [0.29, 0.717) is 17.4 Å². The molecule has 7 nitrogen and oxygen atoms in total. The molecule has 32 heavy (non-hydrogen) atoms. The van der Waals surface area contributed by atoms with Gasteiger partial charge in [-0.25, -0.2) is 13.4 Å².